The highest BCUT2D eigenvalue weighted by atomic mass is 16.5. The number of hydrogen-bond donors (Lipinski definition) is 1. The maximum absolute atomic E-state index is 10.7. The number of carbonyl (C=O) groups excluding carboxylic acids is 2. The Labute approximate surface area is 86.8 Å². The fourth-order valence-corrected chi connectivity index (χ4v) is 1.15. The van der Waals surface area contributed by atoms with E-state index in [9.17, 15) is 14.7 Å². The Kier molecular flexibility index (Phi) is 3.62. The van der Waals surface area contributed by atoms with Crippen molar-refractivity contribution in [3.8, 4) is 11.5 Å². The van der Waals surface area contributed by atoms with Crippen LogP contribution in [0.3, 0.4) is 0 Å². The Morgan fingerprint density at radius 3 is 2.53 bits per heavy atom. The highest BCUT2D eigenvalue weighted by Crippen LogP contribution is 2.29. The first-order valence-corrected chi connectivity index (χ1v) is 4.21. The van der Waals surface area contributed by atoms with Gasteiger partial charge in [-0.25, -0.2) is 0 Å². The van der Waals surface area contributed by atoms with Gasteiger partial charge in [0, 0.05) is 5.56 Å². The van der Waals surface area contributed by atoms with Crippen LogP contribution in [0.15, 0.2) is 18.2 Å². The summed E-state index contributed by atoms with van der Waals surface area (Å²) in [5.74, 6) is 0.147. The maximum atomic E-state index is 10.7. The summed E-state index contributed by atoms with van der Waals surface area (Å²) < 4.78 is 4.84. The number of phenols is 1. The molecule has 0 bridgehead atoms. The molecule has 0 spiro atoms. The summed E-state index contributed by atoms with van der Waals surface area (Å²) in [6.45, 7) is 0. The van der Waals surface area contributed by atoms with Crippen LogP contribution in [0.2, 0.25) is 0 Å². The quantitative estimate of drug-likeness (QED) is 0.597. The molecule has 0 fully saturated rings. The second-order valence-electron chi connectivity index (χ2n) is 2.77. The summed E-state index contributed by atoms with van der Waals surface area (Å²) in [6, 6.07) is 2.77. The highest BCUT2D eigenvalue weighted by molar-refractivity contribution is 5.86. The van der Waals surface area contributed by atoms with Gasteiger partial charge in [-0.2, -0.15) is 0 Å². The van der Waals surface area contributed by atoms with Gasteiger partial charge in [-0.15, -0.1) is 0 Å². The van der Waals surface area contributed by atoms with Crippen molar-refractivity contribution in [1.82, 2.24) is 0 Å². The number of phenolic OH excluding ortho intramolecular Hbond substituents is 1. The molecule has 78 valence electrons. The monoisotopic (exact) mass is 206 g/mol. The Bertz CT molecular complexity index is 407. The van der Waals surface area contributed by atoms with E-state index in [1.165, 1.54) is 31.4 Å². The van der Waals surface area contributed by atoms with Crippen LogP contribution in [0.4, 0.5) is 0 Å². The van der Waals surface area contributed by atoms with Gasteiger partial charge in [0.15, 0.2) is 17.8 Å². The van der Waals surface area contributed by atoms with Crippen LogP contribution in [0.1, 0.15) is 15.9 Å². The van der Waals surface area contributed by atoms with Gasteiger partial charge in [-0.3, -0.25) is 9.59 Å². The molecular weight excluding hydrogens is 196 g/mol. The second kappa shape index (κ2) is 4.95. The standard InChI is InChI=1S/C11H10O4/c1-15-11-6-9(7-13)8(3-2-4-12)5-10(11)14/h2-7,14H,1H3. The van der Waals surface area contributed by atoms with Crippen molar-refractivity contribution in [1.29, 1.82) is 0 Å². The fraction of sp³-hybridized carbons (Fsp3) is 0.0909. The number of aromatic hydroxyl groups is 1. The molecule has 15 heavy (non-hydrogen) atoms. The molecule has 0 unspecified atom stereocenters. The van der Waals surface area contributed by atoms with Crippen molar-refractivity contribution >= 4 is 18.6 Å². The molecule has 0 aromatic heterocycles. The minimum absolute atomic E-state index is 0.0753. The third-order valence-electron chi connectivity index (χ3n) is 1.87. The lowest BCUT2D eigenvalue weighted by Gasteiger charge is -2.06. The molecule has 0 aliphatic heterocycles. The Hall–Kier alpha value is -2.10. The average molecular weight is 206 g/mol. The Balaban J connectivity index is 3.26. The van der Waals surface area contributed by atoms with Gasteiger partial charge in [0.1, 0.15) is 6.29 Å². The second-order valence-corrected chi connectivity index (χ2v) is 2.77. The molecule has 4 heteroatoms. The van der Waals surface area contributed by atoms with Crippen molar-refractivity contribution in [3.63, 3.8) is 0 Å². The zero-order valence-electron chi connectivity index (χ0n) is 8.14. The smallest absolute Gasteiger partial charge is 0.161 e. The lowest BCUT2D eigenvalue weighted by atomic mass is 10.1. The summed E-state index contributed by atoms with van der Waals surface area (Å²) in [4.78, 5) is 20.8. The van der Waals surface area contributed by atoms with Gasteiger partial charge in [-0.05, 0) is 23.8 Å². The summed E-state index contributed by atoms with van der Waals surface area (Å²) in [5.41, 5.74) is 0.818. The predicted octanol–water partition coefficient (Wildman–Crippen LogP) is 1.43. The number of benzene rings is 1. The summed E-state index contributed by atoms with van der Waals surface area (Å²) in [7, 11) is 1.39. The number of ether oxygens (including phenoxy) is 1. The van der Waals surface area contributed by atoms with Gasteiger partial charge in [0.2, 0.25) is 0 Å². The van der Waals surface area contributed by atoms with E-state index in [-0.39, 0.29) is 11.5 Å². The number of rotatable bonds is 4. The van der Waals surface area contributed by atoms with Crippen LogP contribution in [0, 0.1) is 0 Å². The molecule has 0 saturated carbocycles. The molecule has 0 radical (unpaired) electrons. The lowest BCUT2D eigenvalue weighted by molar-refractivity contribution is -0.104. The maximum Gasteiger partial charge on any atom is 0.161 e. The van der Waals surface area contributed by atoms with Crippen molar-refractivity contribution in [2.24, 2.45) is 0 Å². The summed E-state index contributed by atoms with van der Waals surface area (Å²) >= 11 is 0. The number of carbonyl (C=O) groups is 2. The number of methoxy groups -OCH3 is 1. The zero-order chi connectivity index (χ0) is 11.3. The van der Waals surface area contributed by atoms with Crippen LogP contribution in [-0.4, -0.2) is 24.8 Å². The first-order chi connectivity index (χ1) is 7.22. The van der Waals surface area contributed by atoms with Crippen molar-refractivity contribution < 1.29 is 19.4 Å². The topological polar surface area (TPSA) is 63.6 Å². The molecule has 1 rings (SSSR count). The van der Waals surface area contributed by atoms with E-state index in [2.05, 4.69) is 0 Å². The molecule has 0 atom stereocenters. The normalized spacial score (nSPS) is 10.2. The van der Waals surface area contributed by atoms with Gasteiger partial charge >= 0.3 is 0 Å². The molecule has 4 nitrogen and oxygen atoms in total. The van der Waals surface area contributed by atoms with Gasteiger partial charge in [0.25, 0.3) is 0 Å². The summed E-state index contributed by atoms with van der Waals surface area (Å²) in [6.07, 6.45) is 3.91. The van der Waals surface area contributed by atoms with E-state index < -0.39 is 0 Å². The Morgan fingerprint density at radius 2 is 2.00 bits per heavy atom. The van der Waals surface area contributed by atoms with Crippen molar-refractivity contribution in [2.45, 2.75) is 0 Å². The molecule has 0 saturated heterocycles. The first-order valence-electron chi connectivity index (χ1n) is 4.21. The lowest BCUT2D eigenvalue weighted by Crippen LogP contribution is -1.90. The molecule has 1 aromatic rings. The largest absolute Gasteiger partial charge is 0.504 e. The van der Waals surface area contributed by atoms with Crippen molar-refractivity contribution in [2.75, 3.05) is 7.11 Å². The third kappa shape index (κ3) is 2.43. The fourth-order valence-electron chi connectivity index (χ4n) is 1.15. The Morgan fingerprint density at radius 1 is 1.27 bits per heavy atom. The van der Waals surface area contributed by atoms with Crippen LogP contribution < -0.4 is 4.74 Å². The van der Waals surface area contributed by atoms with Crippen LogP contribution >= 0.6 is 0 Å². The van der Waals surface area contributed by atoms with Crippen molar-refractivity contribution in [3.05, 3.63) is 29.3 Å². The zero-order valence-corrected chi connectivity index (χ0v) is 8.14. The van der Waals surface area contributed by atoms with Crippen LogP contribution in [-0.2, 0) is 4.79 Å². The van der Waals surface area contributed by atoms with E-state index in [4.69, 9.17) is 4.74 Å². The molecular formula is C11H10O4. The van der Waals surface area contributed by atoms with Crippen LogP contribution in [0.5, 0.6) is 11.5 Å². The SMILES string of the molecule is COc1cc(C=O)c(C=CC=O)cc1O. The van der Waals surface area contributed by atoms with E-state index in [1.54, 1.807) is 0 Å². The first kappa shape index (κ1) is 11.0. The molecule has 1 N–H and O–H groups in total. The minimum Gasteiger partial charge on any atom is -0.504 e. The van der Waals surface area contributed by atoms with E-state index in [0.29, 0.717) is 23.7 Å². The molecule has 0 aliphatic carbocycles. The number of hydrogen-bond acceptors (Lipinski definition) is 4. The van der Waals surface area contributed by atoms with E-state index in [1.807, 2.05) is 0 Å². The van der Waals surface area contributed by atoms with Gasteiger partial charge in [0.05, 0.1) is 7.11 Å². The third-order valence-corrected chi connectivity index (χ3v) is 1.87. The van der Waals surface area contributed by atoms with Crippen LogP contribution in [0.25, 0.3) is 6.08 Å². The predicted molar refractivity (Wildman–Crippen MR) is 55.1 cm³/mol. The minimum atomic E-state index is -0.0753. The number of allylic oxidation sites excluding steroid dienone is 1. The molecule has 0 aliphatic rings. The number of aldehydes is 2. The van der Waals surface area contributed by atoms with E-state index in [0.717, 1.165) is 0 Å². The molecule has 1 aromatic carbocycles. The van der Waals surface area contributed by atoms with Gasteiger partial charge < -0.3 is 9.84 Å². The summed E-state index contributed by atoms with van der Waals surface area (Å²) in [5, 5.41) is 9.45. The highest BCUT2D eigenvalue weighted by Gasteiger charge is 2.06. The molecule has 0 amide bonds. The average Bonchev–Trinajstić information content (AvgIpc) is 2.26. The molecule has 0 heterocycles. The van der Waals surface area contributed by atoms with E-state index >= 15 is 0 Å². The van der Waals surface area contributed by atoms with Gasteiger partial charge in [-0.1, -0.05) is 6.08 Å².